The van der Waals surface area contributed by atoms with E-state index in [2.05, 4.69) is 20.5 Å². The topological polar surface area (TPSA) is 81.9 Å². The van der Waals surface area contributed by atoms with Crippen molar-refractivity contribution in [1.82, 2.24) is 19.7 Å². The molecule has 0 spiro atoms. The lowest BCUT2D eigenvalue weighted by atomic mass is 10.1. The van der Waals surface area contributed by atoms with Gasteiger partial charge in [0.05, 0.1) is 12.0 Å². The molecule has 7 nitrogen and oxygen atoms in total. The van der Waals surface area contributed by atoms with Gasteiger partial charge in [0.1, 0.15) is 12.1 Å². The average molecular weight is 439 g/mol. The second-order valence-electron chi connectivity index (χ2n) is 6.75. The molecule has 4 aromatic rings. The van der Waals surface area contributed by atoms with Crippen LogP contribution in [-0.4, -0.2) is 25.7 Å². The first-order valence-electron chi connectivity index (χ1n) is 9.43. The van der Waals surface area contributed by atoms with Gasteiger partial charge >= 0.3 is 6.18 Å². The molecule has 0 bridgehead atoms. The number of imidazole rings is 1. The van der Waals surface area contributed by atoms with Gasteiger partial charge in [-0.15, -0.1) is 10.2 Å². The van der Waals surface area contributed by atoms with E-state index in [1.165, 1.54) is 12.1 Å². The first kappa shape index (κ1) is 21.0. The summed E-state index contributed by atoms with van der Waals surface area (Å²) in [6.45, 7) is 0. The van der Waals surface area contributed by atoms with Crippen LogP contribution in [0.1, 0.15) is 11.1 Å². The van der Waals surface area contributed by atoms with Crippen LogP contribution in [0.2, 0.25) is 0 Å². The number of carbonyl (C=O) groups is 1. The number of aromatic nitrogens is 4. The lowest BCUT2D eigenvalue weighted by Gasteiger charge is -2.10. The number of amides is 1. The standard InChI is InChI=1S/C22H16F3N5O2/c23-22(24,25)16-3-1-2-15(12-16)13-20(31)27-17-4-6-18(7-5-17)32-21-9-8-19(28-29-21)30-11-10-26-14-30/h1-12,14H,13H2,(H,27,31). The zero-order chi connectivity index (χ0) is 22.6. The molecule has 1 amide bonds. The van der Waals surface area contributed by atoms with Gasteiger partial charge in [-0.05, 0) is 42.0 Å². The molecule has 162 valence electrons. The number of alkyl halides is 3. The van der Waals surface area contributed by atoms with Crippen molar-refractivity contribution in [3.05, 3.63) is 90.5 Å². The lowest BCUT2D eigenvalue weighted by molar-refractivity contribution is -0.137. The third kappa shape index (κ3) is 5.28. The Bertz CT molecular complexity index is 1190. The average Bonchev–Trinajstić information content (AvgIpc) is 3.30. The van der Waals surface area contributed by atoms with Crippen molar-refractivity contribution in [2.45, 2.75) is 12.6 Å². The Morgan fingerprint density at radius 3 is 2.50 bits per heavy atom. The highest BCUT2D eigenvalue weighted by Crippen LogP contribution is 2.29. The van der Waals surface area contributed by atoms with Crippen molar-refractivity contribution >= 4 is 11.6 Å². The summed E-state index contributed by atoms with van der Waals surface area (Å²) in [6.07, 6.45) is 0.342. The van der Waals surface area contributed by atoms with Crippen molar-refractivity contribution in [1.29, 1.82) is 0 Å². The fourth-order valence-corrected chi connectivity index (χ4v) is 2.88. The molecule has 0 aliphatic heterocycles. The van der Waals surface area contributed by atoms with E-state index in [1.54, 1.807) is 59.7 Å². The van der Waals surface area contributed by atoms with Gasteiger partial charge in [-0.3, -0.25) is 9.36 Å². The molecule has 32 heavy (non-hydrogen) atoms. The van der Waals surface area contributed by atoms with Crippen molar-refractivity contribution in [2.75, 3.05) is 5.32 Å². The van der Waals surface area contributed by atoms with Crippen LogP contribution in [0.25, 0.3) is 5.82 Å². The normalized spacial score (nSPS) is 11.2. The number of hydrogen-bond acceptors (Lipinski definition) is 5. The van der Waals surface area contributed by atoms with Gasteiger partial charge in [0.2, 0.25) is 11.8 Å². The summed E-state index contributed by atoms with van der Waals surface area (Å²) < 4.78 is 45.8. The summed E-state index contributed by atoms with van der Waals surface area (Å²) >= 11 is 0. The predicted molar refractivity (Wildman–Crippen MR) is 109 cm³/mol. The number of benzene rings is 2. The molecule has 0 atom stereocenters. The SMILES string of the molecule is O=C(Cc1cccc(C(F)(F)F)c1)Nc1ccc(Oc2ccc(-n3ccnc3)nn2)cc1. The minimum Gasteiger partial charge on any atom is -0.438 e. The van der Waals surface area contributed by atoms with Crippen molar-refractivity contribution in [3.8, 4) is 17.4 Å². The predicted octanol–water partition coefficient (Wildman–Crippen LogP) is 4.65. The molecule has 1 N–H and O–H groups in total. The second-order valence-corrected chi connectivity index (χ2v) is 6.75. The van der Waals surface area contributed by atoms with Crippen molar-refractivity contribution < 1.29 is 22.7 Å². The number of nitrogens with one attached hydrogen (secondary N) is 1. The number of anilines is 1. The van der Waals surface area contributed by atoms with Crippen LogP contribution >= 0.6 is 0 Å². The molecule has 0 aliphatic rings. The third-order valence-corrected chi connectivity index (χ3v) is 4.37. The van der Waals surface area contributed by atoms with E-state index in [9.17, 15) is 18.0 Å². The molecular formula is C22H16F3N5O2. The Labute approximate surface area is 180 Å². The fourth-order valence-electron chi connectivity index (χ4n) is 2.88. The minimum absolute atomic E-state index is 0.180. The number of carbonyl (C=O) groups excluding carboxylic acids is 1. The largest absolute Gasteiger partial charge is 0.438 e. The molecule has 2 aromatic carbocycles. The van der Waals surface area contributed by atoms with Crippen LogP contribution in [0.15, 0.2) is 79.4 Å². The Kier molecular flexibility index (Phi) is 5.84. The van der Waals surface area contributed by atoms with E-state index in [-0.39, 0.29) is 17.9 Å². The number of halogens is 3. The minimum atomic E-state index is -4.45. The maximum atomic E-state index is 12.8. The first-order valence-corrected chi connectivity index (χ1v) is 9.43. The quantitative estimate of drug-likeness (QED) is 0.473. The fraction of sp³-hybridized carbons (Fsp3) is 0.0909. The summed E-state index contributed by atoms with van der Waals surface area (Å²) in [5.74, 6) is 0.924. The molecular weight excluding hydrogens is 423 g/mol. The van der Waals surface area contributed by atoms with Gasteiger partial charge in [0.15, 0.2) is 5.82 Å². The maximum Gasteiger partial charge on any atom is 0.416 e. The van der Waals surface area contributed by atoms with Gasteiger partial charge in [-0.1, -0.05) is 18.2 Å². The second kappa shape index (κ2) is 8.88. The highest BCUT2D eigenvalue weighted by molar-refractivity contribution is 5.92. The third-order valence-electron chi connectivity index (χ3n) is 4.37. The van der Waals surface area contributed by atoms with Crippen LogP contribution in [-0.2, 0) is 17.4 Å². The number of rotatable bonds is 6. The van der Waals surface area contributed by atoms with Crippen molar-refractivity contribution in [3.63, 3.8) is 0 Å². The summed E-state index contributed by atoms with van der Waals surface area (Å²) in [5.41, 5.74) is -0.0312. The lowest BCUT2D eigenvalue weighted by Crippen LogP contribution is -2.15. The van der Waals surface area contributed by atoms with E-state index < -0.39 is 17.6 Å². The summed E-state index contributed by atoms with van der Waals surface area (Å²) in [6, 6.07) is 14.6. The maximum absolute atomic E-state index is 12.8. The van der Waals surface area contributed by atoms with Gasteiger partial charge in [-0.2, -0.15) is 13.2 Å². The Morgan fingerprint density at radius 1 is 1.03 bits per heavy atom. The van der Waals surface area contributed by atoms with E-state index >= 15 is 0 Å². The van der Waals surface area contributed by atoms with Crippen molar-refractivity contribution in [2.24, 2.45) is 0 Å². The van der Waals surface area contributed by atoms with Crippen LogP contribution in [0.5, 0.6) is 11.6 Å². The van der Waals surface area contributed by atoms with E-state index in [0.29, 0.717) is 17.3 Å². The molecule has 0 saturated carbocycles. The summed E-state index contributed by atoms with van der Waals surface area (Å²) in [4.78, 5) is 16.1. The molecule has 2 heterocycles. The van der Waals surface area contributed by atoms with Crippen LogP contribution in [0.4, 0.5) is 18.9 Å². The van der Waals surface area contributed by atoms with Gasteiger partial charge in [0.25, 0.3) is 0 Å². The highest BCUT2D eigenvalue weighted by atomic mass is 19.4. The monoisotopic (exact) mass is 439 g/mol. The van der Waals surface area contributed by atoms with E-state index in [0.717, 1.165) is 12.1 Å². The summed E-state index contributed by atoms with van der Waals surface area (Å²) in [5, 5.41) is 10.7. The van der Waals surface area contributed by atoms with Crippen LogP contribution in [0.3, 0.4) is 0 Å². The van der Waals surface area contributed by atoms with Gasteiger partial charge in [0, 0.05) is 24.1 Å². The molecule has 0 fully saturated rings. The molecule has 4 rings (SSSR count). The zero-order valence-corrected chi connectivity index (χ0v) is 16.5. The zero-order valence-electron chi connectivity index (χ0n) is 16.5. The molecule has 2 aromatic heterocycles. The first-order chi connectivity index (χ1) is 15.4. The summed E-state index contributed by atoms with van der Waals surface area (Å²) in [7, 11) is 0. The molecule has 0 aliphatic carbocycles. The smallest absolute Gasteiger partial charge is 0.416 e. The van der Waals surface area contributed by atoms with Crippen LogP contribution < -0.4 is 10.1 Å². The number of ether oxygens (including phenoxy) is 1. The molecule has 0 radical (unpaired) electrons. The number of hydrogen-bond donors (Lipinski definition) is 1. The number of nitrogens with zero attached hydrogens (tertiary/aromatic N) is 4. The molecule has 0 unspecified atom stereocenters. The Morgan fingerprint density at radius 2 is 1.84 bits per heavy atom. The van der Waals surface area contributed by atoms with E-state index in [4.69, 9.17) is 4.74 Å². The molecule has 0 saturated heterocycles. The van der Waals surface area contributed by atoms with E-state index in [1.807, 2.05) is 0 Å². The highest BCUT2D eigenvalue weighted by Gasteiger charge is 2.30. The molecule has 10 heteroatoms. The van der Waals surface area contributed by atoms with Crippen LogP contribution in [0, 0.1) is 0 Å². The van der Waals surface area contributed by atoms with Gasteiger partial charge in [-0.25, -0.2) is 4.98 Å². The van der Waals surface area contributed by atoms with Gasteiger partial charge < -0.3 is 10.1 Å². The Balaban J connectivity index is 1.34. The Hall–Kier alpha value is -4.21.